The molecule has 0 heterocycles. The van der Waals surface area contributed by atoms with Gasteiger partial charge in [-0.2, -0.15) is 0 Å². The monoisotopic (exact) mass is 364 g/mol. The van der Waals surface area contributed by atoms with Crippen molar-refractivity contribution in [1.82, 2.24) is 0 Å². The van der Waals surface area contributed by atoms with Crippen LogP contribution in [0.3, 0.4) is 0 Å². The van der Waals surface area contributed by atoms with Gasteiger partial charge in [0, 0.05) is 0 Å². The van der Waals surface area contributed by atoms with E-state index in [2.05, 4.69) is 0 Å². The van der Waals surface area contributed by atoms with E-state index in [1.54, 1.807) is 0 Å². The maximum absolute atomic E-state index is 8.53. The molecule has 0 aromatic carbocycles. The molecule has 0 rings (SSSR count). The van der Waals surface area contributed by atoms with Gasteiger partial charge in [0.1, 0.15) is 0 Å². The van der Waals surface area contributed by atoms with Crippen LogP contribution in [0, 0.1) is 0 Å². The molecule has 0 aromatic heterocycles. The van der Waals surface area contributed by atoms with Crippen LogP contribution in [-0.2, 0) is 0 Å². The molecule has 128 valence electrons. The fraction of sp³-hybridized carbons (Fsp3) is 0. The van der Waals surface area contributed by atoms with E-state index in [-0.39, 0.29) is 81.0 Å². The van der Waals surface area contributed by atoms with E-state index in [9.17, 15) is 0 Å². The van der Waals surface area contributed by atoms with Gasteiger partial charge in [-0.1, -0.05) is 0 Å². The van der Waals surface area contributed by atoms with Crippen LogP contribution in [0.4, 0.5) is 0 Å². The van der Waals surface area contributed by atoms with Crippen LogP contribution < -0.4 is 69.2 Å². The molecule has 0 aliphatic rings. The molecule has 0 aromatic rings. The molecule has 16 nitrogen and oxygen atoms in total. The molecule has 0 atom stereocenters. The van der Waals surface area contributed by atoms with E-state index < -0.39 is 29.3 Å². The standard InChI is InChI=1S/3BH3O3.BHO3.2Na.4H2O/c4*2-1(3)4;;;;;;/h3*2-4H;2H;;;4*1H2/q;;;-2;2*+1;;;;. The second kappa shape index (κ2) is 57.0. The van der Waals surface area contributed by atoms with Gasteiger partial charge in [-0.15, -0.1) is 0 Å². The van der Waals surface area contributed by atoms with Crippen molar-refractivity contribution in [2.24, 2.45) is 0 Å². The normalized spacial score (nSPS) is 4.91. The van der Waals surface area contributed by atoms with E-state index in [0.29, 0.717) is 0 Å². The Labute approximate surface area is 169 Å². The summed E-state index contributed by atoms with van der Waals surface area (Å²) in [5, 5.41) is 88.5. The van der Waals surface area contributed by atoms with Crippen LogP contribution in [0.15, 0.2) is 0 Å². The summed E-state index contributed by atoms with van der Waals surface area (Å²) in [5.74, 6) is 0. The number of hydrogen-bond donors (Lipinski definition) is 10. The van der Waals surface area contributed by atoms with Gasteiger partial charge in [0.15, 0.2) is 0 Å². The van der Waals surface area contributed by atoms with Gasteiger partial charge in [-0.05, 0) is 0 Å². The van der Waals surface area contributed by atoms with E-state index in [4.69, 9.17) is 60.3 Å². The van der Waals surface area contributed by atoms with Gasteiger partial charge < -0.3 is 82.2 Å². The summed E-state index contributed by atoms with van der Waals surface area (Å²) >= 11 is 0. The molecular weight excluding hydrogens is 345 g/mol. The van der Waals surface area contributed by atoms with Gasteiger partial charge in [-0.25, -0.2) is 0 Å². The molecule has 0 unspecified atom stereocenters. The second-order valence-electron chi connectivity index (χ2n) is 1.35. The van der Waals surface area contributed by atoms with Crippen molar-refractivity contribution in [3.8, 4) is 0 Å². The number of hydrogen-bond acceptors (Lipinski definition) is 12. The summed E-state index contributed by atoms with van der Waals surface area (Å²) in [6, 6.07) is 0. The third kappa shape index (κ3) is 3500. The van der Waals surface area contributed by atoms with Crippen molar-refractivity contribution >= 4 is 29.3 Å². The Balaban J connectivity index is -0.00000001000. The van der Waals surface area contributed by atoms with Gasteiger partial charge in [-0.3, -0.25) is 0 Å². The van der Waals surface area contributed by atoms with Crippen molar-refractivity contribution in [2.75, 3.05) is 0 Å². The summed E-state index contributed by atoms with van der Waals surface area (Å²) in [6.07, 6.45) is 0. The molecule has 0 aliphatic carbocycles. The fourth-order valence-corrected chi connectivity index (χ4v) is 0. The van der Waals surface area contributed by atoms with Crippen LogP contribution in [0.5, 0.6) is 0 Å². The first-order valence-corrected chi connectivity index (χ1v) is 3.05. The molecule has 0 fully saturated rings. The van der Waals surface area contributed by atoms with Gasteiger partial charge in [0.2, 0.25) is 0 Å². The molecule has 0 spiro atoms. The van der Waals surface area contributed by atoms with Gasteiger partial charge in [0.25, 0.3) is 0 Å². The fourth-order valence-electron chi connectivity index (χ4n) is 0. The number of rotatable bonds is 0. The van der Waals surface area contributed by atoms with E-state index in [1.165, 1.54) is 0 Å². The molecular formula is H18B4Na2O16. The Morgan fingerprint density at radius 1 is 0.409 bits per heavy atom. The zero-order chi connectivity index (χ0) is 14.3. The van der Waals surface area contributed by atoms with E-state index in [1.807, 2.05) is 0 Å². The first-order valence-electron chi connectivity index (χ1n) is 3.05. The topological polar surface area (TPSA) is 374 Å². The minimum Gasteiger partial charge on any atom is -0.871 e. The van der Waals surface area contributed by atoms with Crippen LogP contribution in [0.1, 0.15) is 0 Å². The average molecular weight is 363 g/mol. The SMILES string of the molecule is O.O.O.O.OB(O)O.OB(O)O.OB(O)O.[Na+].[Na+].[O-]B([O-])O. The predicted molar refractivity (Wildman–Crippen MR) is 59.7 cm³/mol. The molecule has 0 saturated carbocycles. The summed E-state index contributed by atoms with van der Waals surface area (Å²) in [5.41, 5.74) is 0. The summed E-state index contributed by atoms with van der Waals surface area (Å²) in [6.45, 7) is 0. The molecule has 0 aliphatic heterocycles. The van der Waals surface area contributed by atoms with Crippen LogP contribution in [0.2, 0.25) is 0 Å². The molecule has 22 heavy (non-hydrogen) atoms. The van der Waals surface area contributed by atoms with Crippen LogP contribution in [0.25, 0.3) is 0 Å². The first kappa shape index (κ1) is 65.1. The average Bonchev–Trinajstić information content (AvgIpc) is 1.76. The minimum atomic E-state index is -2.67. The maximum Gasteiger partial charge on any atom is 1.00 e. The quantitative estimate of drug-likeness (QED) is 0.179. The van der Waals surface area contributed by atoms with Gasteiger partial charge >= 0.3 is 81.1 Å². The van der Waals surface area contributed by atoms with Gasteiger partial charge in [0.05, 0.1) is 7.32 Å². The Morgan fingerprint density at radius 2 is 0.409 bits per heavy atom. The predicted octanol–water partition coefficient (Wildman–Crippen LogP) is -18.8. The van der Waals surface area contributed by atoms with E-state index >= 15 is 0 Å². The molecule has 0 radical (unpaired) electrons. The molecule has 22 heteroatoms. The van der Waals surface area contributed by atoms with Crippen LogP contribution in [-0.4, -0.2) is 101 Å². The Kier molecular flexibility index (Phi) is 169. The zero-order valence-corrected chi connectivity index (χ0v) is 15.6. The molecule has 0 amide bonds. The maximum atomic E-state index is 8.53. The van der Waals surface area contributed by atoms with E-state index in [0.717, 1.165) is 0 Å². The third-order valence-electron chi connectivity index (χ3n) is 0. The molecule has 0 bridgehead atoms. The second-order valence-corrected chi connectivity index (χ2v) is 1.35. The minimum absolute atomic E-state index is 0. The summed E-state index contributed by atoms with van der Waals surface area (Å²) < 4.78 is 0. The Bertz CT molecular complexity index is 67.1. The molecule has 18 N–H and O–H groups in total. The smallest absolute Gasteiger partial charge is 0.871 e. The van der Waals surface area contributed by atoms with Crippen molar-refractivity contribution in [3.05, 3.63) is 0 Å². The Morgan fingerprint density at radius 3 is 0.409 bits per heavy atom. The first-order chi connectivity index (χ1) is 6.93. The summed E-state index contributed by atoms with van der Waals surface area (Å²) in [7, 11) is -9.17. The molecule has 0 saturated heterocycles. The largest absolute Gasteiger partial charge is 1.00 e. The van der Waals surface area contributed by atoms with Crippen molar-refractivity contribution in [1.29, 1.82) is 0 Å². The van der Waals surface area contributed by atoms with Crippen LogP contribution >= 0.6 is 0 Å². The Hall–Kier alpha value is 1.62. The van der Waals surface area contributed by atoms with Crippen molar-refractivity contribution in [2.45, 2.75) is 0 Å². The van der Waals surface area contributed by atoms with Crippen molar-refractivity contribution < 1.29 is 141 Å². The summed E-state index contributed by atoms with van der Waals surface area (Å²) in [4.78, 5) is 0. The third-order valence-corrected chi connectivity index (χ3v) is 0. The zero-order valence-electron chi connectivity index (χ0n) is 11.6. The van der Waals surface area contributed by atoms with Crippen molar-refractivity contribution in [3.63, 3.8) is 0 Å².